The second-order valence-corrected chi connectivity index (χ2v) is 2.87. The van der Waals surface area contributed by atoms with E-state index in [1.54, 1.807) is 7.05 Å². The minimum atomic E-state index is -0.704. The Morgan fingerprint density at radius 2 is 1.94 bits per heavy atom. The van der Waals surface area contributed by atoms with Crippen LogP contribution in [0, 0.1) is 0 Å². The van der Waals surface area contributed by atoms with Crippen molar-refractivity contribution in [1.82, 2.24) is 10.6 Å². The molecule has 0 heterocycles. The topological polar surface area (TPSA) is 101 Å². The summed E-state index contributed by atoms with van der Waals surface area (Å²) in [5, 5.41) is 4.97. The third kappa shape index (κ3) is 7.08. The number of nitrogens with two attached hydrogens (primary N) is 1. The zero-order valence-corrected chi connectivity index (χ0v) is 10.1. The molecule has 0 fully saturated rings. The molecule has 0 saturated carbocycles. The van der Waals surface area contributed by atoms with Crippen LogP contribution < -0.4 is 16.4 Å². The minimum Gasteiger partial charge on any atom is -0.343 e. The van der Waals surface area contributed by atoms with Gasteiger partial charge in [0, 0.05) is 0 Å². The van der Waals surface area contributed by atoms with Crippen LogP contribution in [0.25, 0.3) is 0 Å². The average Bonchev–Trinajstić information content (AvgIpc) is 2.34. The fourth-order valence-electron chi connectivity index (χ4n) is 1.07. The summed E-state index contributed by atoms with van der Waals surface area (Å²) in [6.07, 6.45) is 1.97. The normalized spacial score (nSPS) is 10.8. The monoisotopic (exact) mass is 231 g/mol. The number of rotatable bonds is 7. The van der Waals surface area contributed by atoms with Gasteiger partial charge in [0.05, 0.1) is 12.6 Å². The van der Waals surface area contributed by atoms with Crippen LogP contribution in [0.4, 0.5) is 0 Å². The summed E-state index contributed by atoms with van der Waals surface area (Å²) < 4.78 is 0. The second kappa shape index (κ2) is 11.8. The van der Waals surface area contributed by atoms with Crippen molar-refractivity contribution in [2.45, 2.75) is 25.8 Å². The van der Waals surface area contributed by atoms with Crippen molar-refractivity contribution in [3.8, 4) is 0 Å². The molecule has 0 aliphatic carbocycles. The van der Waals surface area contributed by atoms with Crippen molar-refractivity contribution < 1.29 is 14.4 Å². The van der Waals surface area contributed by atoms with Gasteiger partial charge in [-0.15, -0.1) is 0 Å². The predicted octanol–water partition coefficient (Wildman–Crippen LogP) is -1.17. The van der Waals surface area contributed by atoms with Crippen molar-refractivity contribution >= 4 is 18.0 Å². The Morgan fingerprint density at radius 1 is 1.38 bits per heavy atom. The Labute approximate surface area is 96.0 Å². The number of carbonyl (C=O) groups excluding carboxylic acids is 3. The zero-order valence-electron chi connectivity index (χ0n) is 10.1. The smallest absolute Gasteiger partial charge is 0.289 e. The van der Waals surface area contributed by atoms with Crippen LogP contribution in [-0.2, 0) is 14.4 Å². The van der Waals surface area contributed by atoms with Gasteiger partial charge in [0.25, 0.3) is 5.91 Å². The fraction of sp³-hybridized carbons (Fsp3) is 0.700. The molecule has 0 aromatic heterocycles. The number of ketones is 1. The van der Waals surface area contributed by atoms with Gasteiger partial charge < -0.3 is 21.2 Å². The first-order chi connectivity index (χ1) is 7.67. The van der Waals surface area contributed by atoms with E-state index in [-0.39, 0.29) is 6.54 Å². The molecule has 1 unspecified atom stereocenters. The lowest BCUT2D eigenvalue weighted by Crippen LogP contribution is -2.44. The van der Waals surface area contributed by atoms with Crippen molar-refractivity contribution in [3.63, 3.8) is 0 Å². The third-order valence-corrected chi connectivity index (χ3v) is 1.81. The zero-order chi connectivity index (χ0) is 13.0. The molecule has 0 saturated heterocycles. The largest absolute Gasteiger partial charge is 0.343 e. The number of hydrogen-bond donors (Lipinski definition) is 3. The van der Waals surface area contributed by atoms with Gasteiger partial charge in [0.15, 0.2) is 0 Å². The van der Waals surface area contributed by atoms with Gasteiger partial charge in [-0.2, -0.15) is 0 Å². The molecule has 6 heteroatoms. The minimum absolute atomic E-state index is 0.118. The molecule has 0 bridgehead atoms. The Balaban J connectivity index is 0. The predicted molar refractivity (Wildman–Crippen MR) is 61.9 cm³/mol. The lowest BCUT2D eigenvalue weighted by atomic mass is 10.1. The van der Waals surface area contributed by atoms with Crippen molar-refractivity contribution in [2.75, 3.05) is 20.6 Å². The highest BCUT2D eigenvalue weighted by Crippen LogP contribution is 1.97. The van der Waals surface area contributed by atoms with E-state index >= 15 is 0 Å². The van der Waals surface area contributed by atoms with E-state index in [1.807, 2.05) is 6.92 Å². The standard InChI is InChI=1S/C9H16N2O3.CH5N/c1-3-4-7(10-2)8(13)9(14)11-5-6-12;1-2/h6-7,10H,3-5H2,1-2H3,(H,11,14);2H2,1H3. The van der Waals surface area contributed by atoms with Crippen molar-refractivity contribution in [2.24, 2.45) is 5.73 Å². The van der Waals surface area contributed by atoms with Crippen LogP contribution in [0.5, 0.6) is 0 Å². The maximum absolute atomic E-state index is 11.4. The van der Waals surface area contributed by atoms with E-state index in [4.69, 9.17) is 0 Å². The number of carbonyl (C=O) groups is 3. The third-order valence-electron chi connectivity index (χ3n) is 1.81. The number of hydrogen-bond acceptors (Lipinski definition) is 5. The number of aldehydes is 1. The Bertz CT molecular complexity index is 219. The van der Waals surface area contributed by atoms with Crippen molar-refractivity contribution in [1.29, 1.82) is 0 Å². The lowest BCUT2D eigenvalue weighted by Gasteiger charge is -2.12. The molecule has 0 aliphatic rings. The average molecular weight is 231 g/mol. The first-order valence-corrected chi connectivity index (χ1v) is 5.18. The molecule has 1 atom stereocenters. The van der Waals surface area contributed by atoms with Crippen LogP contribution in [0.15, 0.2) is 0 Å². The van der Waals surface area contributed by atoms with Gasteiger partial charge in [-0.05, 0) is 20.5 Å². The van der Waals surface area contributed by atoms with Gasteiger partial charge >= 0.3 is 0 Å². The Morgan fingerprint density at radius 3 is 2.31 bits per heavy atom. The summed E-state index contributed by atoms with van der Waals surface area (Å²) in [6.45, 7) is 1.81. The summed E-state index contributed by atoms with van der Waals surface area (Å²) >= 11 is 0. The van der Waals surface area contributed by atoms with Gasteiger partial charge in [0.1, 0.15) is 6.29 Å². The molecule has 0 aromatic carbocycles. The van der Waals surface area contributed by atoms with E-state index in [9.17, 15) is 14.4 Å². The van der Waals surface area contributed by atoms with Gasteiger partial charge in [-0.25, -0.2) is 0 Å². The lowest BCUT2D eigenvalue weighted by molar-refractivity contribution is -0.139. The Hall–Kier alpha value is -1.27. The SMILES string of the molecule is CCCC(NC)C(=O)C(=O)NCC=O.CN. The summed E-state index contributed by atoms with van der Waals surface area (Å²) in [5.74, 6) is -1.22. The second-order valence-electron chi connectivity index (χ2n) is 2.87. The highest BCUT2D eigenvalue weighted by atomic mass is 16.2. The van der Waals surface area contributed by atoms with Crippen molar-refractivity contribution in [3.05, 3.63) is 0 Å². The molecule has 0 aromatic rings. The molecule has 6 nitrogen and oxygen atoms in total. The summed E-state index contributed by atoms with van der Waals surface area (Å²) in [6, 6.07) is -0.452. The molecular formula is C10H21N3O3. The molecule has 4 N–H and O–H groups in total. The van der Waals surface area contributed by atoms with Gasteiger partial charge in [-0.3, -0.25) is 9.59 Å². The first-order valence-electron chi connectivity index (χ1n) is 5.18. The quantitative estimate of drug-likeness (QED) is 0.379. The van der Waals surface area contributed by atoms with Crippen LogP contribution >= 0.6 is 0 Å². The number of amides is 1. The van der Waals surface area contributed by atoms with Crippen LogP contribution in [0.3, 0.4) is 0 Å². The molecule has 94 valence electrons. The van der Waals surface area contributed by atoms with Gasteiger partial charge in [0.2, 0.25) is 5.78 Å². The summed E-state index contributed by atoms with van der Waals surface area (Å²) in [4.78, 5) is 32.5. The first kappa shape index (κ1) is 17.1. The molecule has 0 aliphatic heterocycles. The molecule has 0 rings (SSSR count). The number of Topliss-reactive ketones (excluding diaryl/α,β-unsaturated/α-hetero) is 1. The maximum Gasteiger partial charge on any atom is 0.289 e. The highest BCUT2D eigenvalue weighted by molar-refractivity contribution is 6.38. The van der Waals surface area contributed by atoms with E-state index < -0.39 is 17.7 Å². The van der Waals surface area contributed by atoms with Crippen LogP contribution in [0.1, 0.15) is 19.8 Å². The maximum atomic E-state index is 11.4. The molecule has 0 spiro atoms. The van der Waals surface area contributed by atoms with Crippen LogP contribution in [0.2, 0.25) is 0 Å². The van der Waals surface area contributed by atoms with E-state index in [0.717, 1.165) is 6.42 Å². The number of nitrogens with one attached hydrogen (secondary N) is 2. The van der Waals surface area contributed by atoms with E-state index in [1.165, 1.54) is 7.05 Å². The summed E-state index contributed by atoms with van der Waals surface area (Å²) in [7, 11) is 3.13. The van der Waals surface area contributed by atoms with Crippen LogP contribution in [-0.4, -0.2) is 44.7 Å². The highest BCUT2D eigenvalue weighted by Gasteiger charge is 2.22. The Kier molecular flexibility index (Phi) is 12.6. The molecule has 1 amide bonds. The number of likely N-dealkylation sites (N-methyl/N-ethyl adjacent to an activating group) is 1. The van der Waals surface area contributed by atoms with Gasteiger partial charge in [-0.1, -0.05) is 13.3 Å². The molecule has 0 radical (unpaired) electrons. The van der Waals surface area contributed by atoms with E-state index in [2.05, 4.69) is 16.4 Å². The molecule has 16 heavy (non-hydrogen) atoms. The molecular weight excluding hydrogens is 210 g/mol. The van der Waals surface area contributed by atoms with E-state index in [0.29, 0.717) is 12.7 Å². The summed E-state index contributed by atoms with van der Waals surface area (Å²) in [5.41, 5.74) is 4.50. The fourth-order valence-corrected chi connectivity index (χ4v) is 1.07.